The van der Waals surface area contributed by atoms with Crippen LogP contribution in [0.25, 0.3) is 0 Å². The van der Waals surface area contributed by atoms with E-state index in [-0.39, 0.29) is 19.5 Å². The van der Waals surface area contributed by atoms with Crippen LogP contribution in [-0.2, 0) is 29.1 Å². The molecular weight excluding hydrogens is 265 g/mol. The molecule has 0 aromatic rings. The first kappa shape index (κ1) is 16.8. The van der Waals surface area contributed by atoms with Gasteiger partial charge in [0.2, 0.25) is 0 Å². The van der Waals surface area contributed by atoms with Gasteiger partial charge in [-0.25, -0.2) is 0 Å². The molecule has 0 aliphatic carbocycles. The van der Waals surface area contributed by atoms with Crippen LogP contribution < -0.4 is 10.2 Å². The maximum absolute atomic E-state index is 9.96. The summed E-state index contributed by atoms with van der Waals surface area (Å²) in [5, 5.41) is 54.7. The number of aliphatic hydroxyl groups excluding tert-OH is 4. The SMILES string of the molecule is O=C([O-])[C@@H](O)[C@@H](O)[C@H](O)[C@@H](O)C(=O)[O-].[Zn+2]. The number of carboxylic acids is 2. The summed E-state index contributed by atoms with van der Waals surface area (Å²) in [6.45, 7) is 0. The van der Waals surface area contributed by atoms with Crippen LogP contribution in [0.4, 0.5) is 0 Å². The Hall–Kier alpha value is -0.597. The normalized spacial score (nSPS) is 18.1. The monoisotopic (exact) mass is 272 g/mol. The quantitative estimate of drug-likeness (QED) is 0.360. The van der Waals surface area contributed by atoms with Crippen molar-refractivity contribution < 1.29 is 59.7 Å². The standard InChI is InChI=1S/C6H10O8.Zn/c7-1(3(9)5(11)12)2(8)4(10)6(13)14;/h1-4,7-10H,(H,11,12)(H,13,14);/q;+2/p-2/t1-,2-,3-,4+;/m0./s1. The van der Waals surface area contributed by atoms with E-state index in [2.05, 4.69) is 0 Å². The van der Waals surface area contributed by atoms with E-state index >= 15 is 0 Å². The Balaban J connectivity index is 0. The number of aliphatic carboxylic acids is 2. The van der Waals surface area contributed by atoms with E-state index in [0.717, 1.165) is 0 Å². The summed E-state index contributed by atoms with van der Waals surface area (Å²) in [6, 6.07) is 0. The van der Waals surface area contributed by atoms with E-state index in [1.165, 1.54) is 0 Å². The molecular formula is C6H8O8Zn. The molecule has 0 aromatic heterocycles. The fraction of sp³-hybridized carbons (Fsp3) is 0.667. The molecule has 0 rings (SSSR count). The zero-order chi connectivity index (χ0) is 11.5. The van der Waals surface area contributed by atoms with Crippen molar-refractivity contribution >= 4 is 11.9 Å². The zero-order valence-corrected chi connectivity index (χ0v) is 10.4. The van der Waals surface area contributed by atoms with E-state index in [0.29, 0.717) is 0 Å². The number of carbonyl (C=O) groups is 2. The molecule has 0 bridgehead atoms. The third-order valence-corrected chi connectivity index (χ3v) is 1.48. The molecule has 0 unspecified atom stereocenters. The average Bonchev–Trinajstić information content (AvgIpc) is 2.12. The van der Waals surface area contributed by atoms with Gasteiger partial charge in [-0.2, -0.15) is 0 Å². The minimum Gasteiger partial charge on any atom is -0.547 e. The molecule has 4 N–H and O–H groups in total. The van der Waals surface area contributed by atoms with Crippen LogP contribution in [-0.4, -0.2) is 56.8 Å². The zero-order valence-electron chi connectivity index (χ0n) is 7.44. The second kappa shape index (κ2) is 6.81. The van der Waals surface area contributed by atoms with Gasteiger partial charge in [0, 0.05) is 0 Å². The van der Waals surface area contributed by atoms with Crippen molar-refractivity contribution in [1.29, 1.82) is 0 Å². The second-order valence-electron chi connectivity index (χ2n) is 2.51. The van der Waals surface area contributed by atoms with E-state index < -0.39 is 36.4 Å². The van der Waals surface area contributed by atoms with Gasteiger partial charge in [0.05, 0.1) is 11.9 Å². The van der Waals surface area contributed by atoms with Crippen LogP contribution in [0.1, 0.15) is 0 Å². The van der Waals surface area contributed by atoms with Gasteiger partial charge in [-0.05, 0) is 0 Å². The Morgan fingerprint density at radius 3 is 1.13 bits per heavy atom. The fourth-order valence-electron chi connectivity index (χ4n) is 0.652. The van der Waals surface area contributed by atoms with Crippen molar-refractivity contribution in [3.8, 4) is 0 Å². The molecule has 9 heteroatoms. The Bertz CT molecular complexity index is 207. The van der Waals surface area contributed by atoms with E-state index in [9.17, 15) is 19.8 Å². The van der Waals surface area contributed by atoms with Crippen molar-refractivity contribution in [2.45, 2.75) is 24.4 Å². The maximum Gasteiger partial charge on any atom is 2.00 e. The molecule has 15 heavy (non-hydrogen) atoms. The first-order chi connectivity index (χ1) is 6.29. The molecule has 82 valence electrons. The number of rotatable bonds is 5. The van der Waals surface area contributed by atoms with Crippen LogP contribution in [0.15, 0.2) is 0 Å². The molecule has 0 saturated heterocycles. The summed E-state index contributed by atoms with van der Waals surface area (Å²) in [4.78, 5) is 19.9. The maximum atomic E-state index is 9.96. The molecule has 0 radical (unpaired) electrons. The van der Waals surface area contributed by atoms with Crippen molar-refractivity contribution in [3.63, 3.8) is 0 Å². The summed E-state index contributed by atoms with van der Waals surface area (Å²) in [7, 11) is 0. The molecule has 0 saturated carbocycles. The van der Waals surface area contributed by atoms with Crippen molar-refractivity contribution in [3.05, 3.63) is 0 Å². The predicted octanol–water partition coefficient (Wildman–Crippen LogP) is -6.07. The molecule has 8 nitrogen and oxygen atoms in total. The summed E-state index contributed by atoms with van der Waals surface area (Å²) in [5.41, 5.74) is 0. The summed E-state index contributed by atoms with van der Waals surface area (Å²) < 4.78 is 0. The van der Waals surface area contributed by atoms with Gasteiger partial charge in [0.15, 0.2) is 0 Å². The number of carboxylic acid groups (broad SMARTS) is 2. The molecule has 4 atom stereocenters. The van der Waals surface area contributed by atoms with Gasteiger partial charge in [-0.15, -0.1) is 0 Å². The van der Waals surface area contributed by atoms with Crippen molar-refractivity contribution in [1.82, 2.24) is 0 Å². The third-order valence-electron chi connectivity index (χ3n) is 1.48. The third kappa shape index (κ3) is 4.63. The van der Waals surface area contributed by atoms with Gasteiger partial charge in [0.1, 0.15) is 24.4 Å². The number of hydrogen-bond donors (Lipinski definition) is 4. The topological polar surface area (TPSA) is 161 Å². The van der Waals surface area contributed by atoms with Crippen LogP contribution >= 0.6 is 0 Å². The van der Waals surface area contributed by atoms with Crippen molar-refractivity contribution in [2.24, 2.45) is 0 Å². The van der Waals surface area contributed by atoms with Crippen LogP contribution in [0, 0.1) is 0 Å². The van der Waals surface area contributed by atoms with Gasteiger partial charge < -0.3 is 40.2 Å². The molecule has 0 aromatic carbocycles. The Morgan fingerprint density at radius 2 is 1.00 bits per heavy atom. The van der Waals surface area contributed by atoms with E-state index in [1.54, 1.807) is 0 Å². The number of aliphatic hydroxyl groups is 4. The Labute approximate surface area is 96.5 Å². The second-order valence-corrected chi connectivity index (χ2v) is 2.51. The molecule has 0 heterocycles. The van der Waals surface area contributed by atoms with Gasteiger partial charge in [-0.1, -0.05) is 0 Å². The molecule has 0 aliphatic rings. The van der Waals surface area contributed by atoms with Crippen LogP contribution in [0.2, 0.25) is 0 Å². The van der Waals surface area contributed by atoms with Crippen molar-refractivity contribution in [2.75, 3.05) is 0 Å². The molecule has 0 spiro atoms. The first-order valence-corrected chi connectivity index (χ1v) is 3.43. The van der Waals surface area contributed by atoms with E-state index in [4.69, 9.17) is 20.4 Å². The first-order valence-electron chi connectivity index (χ1n) is 3.43. The van der Waals surface area contributed by atoms with Gasteiger partial charge >= 0.3 is 19.5 Å². The van der Waals surface area contributed by atoms with E-state index in [1.807, 2.05) is 0 Å². The average molecular weight is 274 g/mol. The summed E-state index contributed by atoms with van der Waals surface area (Å²) in [6.07, 6.45) is -9.76. The summed E-state index contributed by atoms with van der Waals surface area (Å²) in [5.74, 6) is -4.22. The van der Waals surface area contributed by atoms with Gasteiger partial charge in [-0.3, -0.25) is 0 Å². The fourth-order valence-corrected chi connectivity index (χ4v) is 0.652. The minimum atomic E-state index is -2.50. The van der Waals surface area contributed by atoms with Gasteiger partial charge in [0.25, 0.3) is 0 Å². The molecule has 0 aliphatic heterocycles. The van der Waals surface area contributed by atoms with Crippen LogP contribution in [0.3, 0.4) is 0 Å². The Kier molecular flexibility index (Phi) is 7.63. The summed E-state index contributed by atoms with van der Waals surface area (Å²) >= 11 is 0. The number of carbonyl (C=O) groups excluding carboxylic acids is 2. The van der Waals surface area contributed by atoms with Crippen LogP contribution in [0.5, 0.6) is 0 Å². The minimum absolute atomic E-state index is 0. The molecule has 0 amide bonds. The predicted molar refractivity (Wildman–Crippen MR) is 34.0 cm³/mol. The molecule has 0 fully saturated rings. The number of hydrogen-bond acceptors (Lipinski definition) is 8. The smallest absolute Gasteiger partial charge is 0.547 e. The largest absolute Gasteiger partial charge is 2.00 e. The Morgan fingerprint density at radius 1 is 0.800 bits per heavy atom.